The fourth-order valence-corrected chi connectivity index (χ4v) is 2.27. The van der Waals surface area contributed by atoms with E-state index in [0.717, 1.165) is 17.0 Å². The number of hydrogen-bond acceptors (Lipinski definition) is 3. The number of pyridine rings is 1. The highest BCUT2D eigenvalue weighted by molar-refractivity contribution is 5.94. The molecule has 22 heavy (non-hydrogen) atoms. The Bertz CT molecular complexity index is 619. The largest absolute Gasteiger partial charge is 0.497 e. The first-order valence-corrected chi connectivity index (χ1v) is 7.38. The average Bonchev–Trinajstić information content (AvgIpc) is 2.53. The van der Waals surface area contributed by atoms with Crippen LogP contribution in [0.5, 0.6) is 5.75 Å². The second-order valence-electron chi connectivity index (χ2n) is 5.66. The van der Waals surface area contributed by atoms with E-state index >= 15 is 0 Å². The van der Waals surface area contributed by atoms with Gasteiger partial charge < -0.3 is 10.1 Å². The number of hydrogen-bond donors (Lipinski definition) is 1. The number of benzene rings is 1. The number of aryl methyl sites for hydroxylation is 1. The molecular weight excluding hydrogens is 276 g/mol. The van der Waals surface area contributed by atoms with Crippen LogP contribution in [0.2, 0.25) is 0 Å². The van der Waals surface area contributed by atoms with Gasteiger partial charge in [0.15, 0.2) is 0 Å². The third kappa shape index (κ3) is 3.85. The predicted octanol–water partition coefficient (Wildman–Crippen LogP) is 3.53. The van der Waals surface area contributed by atoms with Gasteiger partial charge in [-0.3, -0.25) is 9.78 Å². The van der Waals surface area contributed by atoms with Gasteiger partial charge >= 0.3 is 0 Å². The molecule has 0 aliphatic rings. The first-order chi connectivity index (χ1) is 10.5. The molecule has 0 fully saturated rings. The number of aromatic nitrogens is 1. The topological polar surface area (TPSA) is 51.2 Å². The molecule has 1 amide bonds. The highest BCUT2D eigenvalue weighted by Gasteiger charge is 2.19. The van der Waals surface area contributed by atoms with Gasteiger partial charge in [-0.25, -0.2) is 0 Å². The van der Waals surface area contributed by atoms with E-state index in [4.69, 9.17) is 4.74 Å². The second kappa shape index (κ2) is 7.07. The molecule has 0 saturated heterocycles. The van der Waals surface area contributed by atoms with Crippen molar-refractivity contribution in [1.29, 1.82) is 0 Å². The van der Waals surface area contributed by atoms with Gasteiger partial charge in [0.05, 0.1) is 18.7 Å². The maximum Gasteiger partial charge on any atom is 0.253 e. The van der Waals surface area contributed by atoms with Crippen LogP contribution in [0.4, 0.5) is 0 Å². The summed E-state index contributed by atoms with van der Waals surface area (Å²) >= 11 is 0. The van der Waals surface area contributed by atoms with E-state index in [1.807, 2.05) is 37.3 Å². The van der Waals surface area contributed by atoms with Crippen LogP contribution in [-0.2, 0) is 0 Å². The molecular formula is C18H22N2O2. The van der Waals surface area contributed by atoms with E-state index in [1.165, 1.54) is 0 Å². The zero-order valence-electron chi connectivity index (χ0n) is 13.5. The maximum atomic E-state index is 12.4. The lowest BCUT2D eigenvalue weighted by Crippen LogP contribution is -2.31. The first kappa shape index (κ1) is 16.0. The number of ether oxygens (including phenoxy) is 1. The van der Waals surface area contributed by atoms with E-state index < -0.39 is 0 Å². The summed E-state index contributed by atoms with van der Waals surface area (Å²) in [6, 6.07) is 11.4. The van der Waals surface area contributed by atoms with Crippen molar-refractivity contribution in [3.05, 3.63) is 59.4 Å². The highest BCUT2D eigenvalue weighted by Crippen LogP contribution is 2.24. The first-order valence-electron chi connectivity index (χ1n) is 7.38. The number of methoxy groups -OCH3 is 1. The zero-order chi connectivity index (χ0) is 16.1. The van der Waals surface area contributed by atoms with Crippen molar-refractivity contribution in [2.24, 2.45) is 5.92 Å². The van der Waals surface area contributed by atoms with Crippen molar-refractivity contribution in [3.8, 4) is 5.75 Å². The molecule has 0 aliphatic carbocycles. The van der Waals surface area contributed by atoms with Crippen molar-refractivity contribution < 1.29 is 9.53 Å². The van der Waals surface area contributed by atoms with Crippen molar-refractivity contribution in [2.45, 2.75) is 26.8 Å². The van der Waals surface area contributed by atoms with Gasteiger partial charge in [0.1, 0.15) is 5.75 Å². The molecule has 1 N–H and O–H groups in total. The molecule has 1 unspecified atom stereocenters. The van der Waals surface area contributed by atoms with E-state index in [9.17, 15) is 4.79 Å². The Kier molecular flexibility index (Phi) is 5.15. The third-order valence-electron chi connectivity index (χ3n) is 3.60. The van der Waals surface area contributed by atoms with Crippen LogP contribution in [0.3, 0.4) is 0 Å². The van der Waals surface area contributed by atoms with E-state index in [-0.39, 0.29) is 17.9 Å². The molecule has 0 spiro atoms. The standard InChI is InChI=1S/C18H22N2O2/c1-12(2)17(14-7-9-16(22-4)10-8-14)20-18(21)15-6-5-13(3)19-11-15/h5-12,17H,1-4H3,(H,20,21). The van der Waals surface area contributed by atoms with Crippen molar-refractivity contribution in [1.82, 2.24) is 10.3 Å². The lowest BCUT2D eigenvalue weighted by molar-refractivity contribution is 0.0925. The number of rotatable bonds is 5. The molecule has 1 aromatic heterocycles. The molecule has 0 bridgehead atoms. The summed E-state index contributed by atoms with van der Waals surface area (Å²) in [5.41, 5.74) is 2.53. The predicted molar refractivity (Wildman–Crippen MR) is 87.0 cm³/mol. The molecule has 0 radical (unpaired) electrons. The molecule has 116 valence electrons. The summed E-state index contributed by atoms with van der Waals surface area (Å²) in [5, 5.41) is 3.09. The highest BCUT2D eigenvalue weighted by atomic mass is 16.5. The maximum absolute atomic E-state index is 12.4. The lowest BCUT2D eigenvalue weighted by atomic mass is 9.95. The van der Waals surface area contributed by atoms with Gasteiger partial charge in [-0.1, -0.05) is 26.0 Å². The van der Waals surface area contributed by atoms with Crippen LogP contribution < -0.4 is 10.1 Å². The summed E-state index contributed by atoms with van der Waals surface area (Å²) < 4.78 is 5.18. The van der Waals surface area contributed by atoms with E-state index in [1.54, 1.807) is 19.4 Å². The molecule has 1 heterocycles. The van der Waals surface area contributed by atoms with Crippen LogP contribution in [0.1, 0.15) is 41.5 Å². The quantitative estimate of drug-likeness (QED) is 0.918. The van der Waals surface area contributed by atoms with Crippen LogP contribution in [0.15, 0.2) is 42.6 Å². The number of carbonyl (C=O) groups excluding carboxylic acids is 1. The Morgan fingerprint density at radius 2 is 1.82 bits per heavy atom. The molecule has 2 aromatic rings. The van der Waals surface area contributed by atoms with Gasteiger partial charge in [-0.05, 0) is 42.7 Å². The fourth-order valence-electron chi connectivity index (χ4n) is 2.27. The fraction of sp³-hybridized carbons (Fsp3) is 0.333. The Morgan fingerprint density at radius 1 is 1.14 bits per heavy atom. The minimum atomic E-state index is -0.109. The van der Waals surface area contributed by atoms with Crippen LogP contribution >= 0.6 is 0 Å². The third-order valence-corrected chi connectivity index (χ3v) is 3.60. The summed E-state index contributed by atoms with van der Waals surface area (Å²) in [4.78, 5) is 16.6. The number of amides is 1. The van der Waals surface area contributed by atoms with Crippen LogP contribution in [0.25, 0.3) is 0 Å². The van der Waals surface area contributed by atoms with Crippen molar-refractivity contribution in [3.63, 3.8) is 0 Å². The average molecular weight is 298 g/mol. The Hall–Kier alpha value is -2.36. The van der Waals surface area contributed by atoms with E-state index in [2.05, 4.69) is 24.1 Å². The normalized spacial score (nSPS) is 12.0. The van der Waals surface area contributed by atoms with Crippen LogP contribution in [0, 0.1) is 12.8 Å². The number of carbonyl (C=O) groups is 1. The monoisotopic (exact) mass is 298 g/mol. The van der Waals surface area contributed by atoms with Gasteiger partial charge in [0.2, 0.25) is 0 Å². The molecule has 1 atom stereocenters. The SMILES string of the molecule is COc1ccc(C(NC(=O)c2ccc(C)nc2)C(C)C)cc1. The molecule has 1 aromatic carbocycles. The molecule has 0 saturated carbocycles. The second-order valence-corrected chi connectivity index (χ2v) is 5.66. The van der Waals surface area contributed by atoms with Gasteiger partial charge in [-0.2, -0.15) is 0 Å². The van der Waals surface area contributed by atoms with Crippen molar-refractivity contribution >= 4 is 5.91 Å². The Balaban J connectivity index is 2.17. The van der Waals surface area contributed by atoms with Crippen molar-refractivity contribution in [2.75, 3.05) is 7.11 Å². The van der Waals surface area contributed by atoms with Crippen LogP contribution in [-0.4, -0.2) is 18.0 Å². The zero-order valence-corrected chi connectivity index (χ0v) is 13.5. The minimum Gasteiger partial charge on any atom is -0.497 e. The molecule has 0 aliphatic heterocycles. The summed E-state index contributed by atoms with van der Waals surface area (Å²) in [6.45, 7) is 6.07. The van der Waals surface area contributed by atoms with E-state index in [0.29, 0.717) is 5.56 Å². The number of nitrogens with one attached hydrogen (secondary N) is 1. The Labute approximate surface area is 131 Å². The smallest absolute Gasteiger partial charge is 0.253 e. The summed E-state index contributed by atoms with van der Waals surface area (Å²) in [6.07, 6.45) is 1.61. The van der Waals surface area contributed by atoms with Gasteiger partial charge in [0.25, 0.3) is 5.91 Å². The summed E-state index contributed by atoms with van der Waals surface area (Å²) in [7, 11) is 1.64. The molecule has 2 rings (SSSR count). The minimum absolute atomic E-state index is 0.0558. The summed E-state index contributed by atoms with van der Waals surface area (Å²) in [5.74, 6) is 0.970. The lowest BCUT2D eigenvalue weighted by Gasteiger charge is -2.23. The molecule has 4 heteroatoms. The molecule has 4 nitrogen and oxygen atoms in total. The number of nitrogens with zero attached hydrogens (tertiary/aromatic N) is 1. The van der Waals surface area contributed by atoms with Gasteiger partial charge in [0, 0.05) is 11.9 Å². The Morgan fingerprint density at radius 3 is 2.32 bits per heavy atom. The van der Waals surface area contributed by atoms with Gasteiger partial charge in [-0.15, -0.1) is 0 Å².